The lowest BCUT2D eigenvalue weighted by Gasteiger charge is -2.26. The van der Waals surface area contributed by atoms with Gasteiger partial charge in [-0.2, -0.15) is 5.10 Å². The number of halogens is 1. The van der Waals surface area contributed by atoms with Crippen LogP contribution < -0.4 is 4.74 Å². The second kappa shape index (κ2) is 8.01. The maximum atomic E-state index is 13.1. The van der Waals surface area contributed by atoms with Crippen LogP contribution >= 0.6 is 11.6 Å². The average Bonchev–Trinajstić information content (AvgIpc) is 3.28. The number of carbonyl (C=O) groups excluding carboxylic acids is 1. The number of phenolic OH excluding ortho intramolecular Hbond substituents is 1. The van der Waals surface area contributed by atoms with E-state index < -0.39 is 6.04 Å². The first-order chi connectivity index (χ1) is 14.5. The number of nitrogens with one attached hydrogen (secondary N) is 1. The van der Waals surface area contributed by atoms with Crippen LogP contribution in [0.25, 0.3) is 11.3 Å². The van der Waals surface area contributed by atoms with Gasteiger partial charge >= 0.3 is 0 Å². The van der Waals surface area contributed by atoms with Gasteiger partial charge in [0.1, 0.15) is 22.9 Å². The Bertz CT molecular complexity index is 1110. The number of methoxy groups -OCH3 is 1. The smallest absolute Gasteiger partial charge is 0.273 e. The number of aromatic nitrogens is 2. The van der Waals surface area contributed by atoms with E-state index in [1.807, 2.05) is 24.3 Å². The summed E-state index contributed by atoms with van der Waals surface area (Å²) in [6.45, 7) is 2.15. The molecular weight excluding hydrogens is 406 g/mol. The lowest BCUT2D eigenvalue weighted by molar-refractivity contribution is 0.0732. The molecule has 0 unspecified atom stereocenters. The molecule has 0 saturated carbocycles. The van der Waals surface area contributed by atoms with Crippen molar-refractivity contribution in [3.05, 3.63) is 63.8 Å². The number of phenols is 1. The predicted octanol–water partition coefficient (Wildman–Crippen LogP) is 3.68. The molecule has 156 valence electrons. The van der Waals surface area contributed by atoms with Crippen molar-refractivity contribution in [2.75, 3.05) is 20.3 Å². The molecule has 0 spiro atoms. The van der Waals surface area contributed by atoms with Crippen molar-refractivity contribution in [3.63, 3.8) is 0 Å². The summed E-state index contributed by atoms with van der Waals surface area (Å²) in [5, 5.41) is 27.6. The first kappa shape index (κ1) is 20.3. The number of carbonyl (C=O) groups is 1. The minimum Gasteiger partial charge on any atom is -0.507 e. The molecule has 3 N–H and O–H groups in total. The zero-order valence-corrected chi connectivity index (χ0v) is 17.4. The molecule has 2 heterocycles. The first-order valence-corrected chi connectivity index (χ1v) is 9.97. The molecule has 30 heavy (non-hydrogen) atoms. The third kappa shape index (κ3) is 3.30. The van der Waals surface area contributed by atoms with Crippen molar-refractivity contribution >= 4 is 17.5 Å². The quantitative estimate of drug-likeness (QED) is 0.557. The highest BCUT2D eigenvalue weighted by atomic mass is 35.5. The van der Waals surface area contributed by atoms with Crippen molar-refractivity contribution in [1.82, 2.24) is 15.1 Å². The lowest BCUT2D eigenvalue weighted by atomic mass is 9.95. The lowest BCUT2D eigenvalue weighted by Crippen LogP contribution is -2.31. The van der Waals surface area contributed by atoms with Crippen LogP contribution in [-0.2, 0) is 0 Å². The summed E-state index contributed by atoms with van der Waals surface area (Å²) in [6.07, 6.45) is 0.445. The van der Waals surface area contributed by atoms with Crippen molar-refractivity contribution < 1.29 is 19.7 Å². The Morgan fingerprint density at radius 1 is 1.30 bits per heavy atom. The van der Waals surface area contributed by atoms with Gasteiger partial charge in [0.25, 0.3) is 5.91 Å². The minimum absolute atomic E-state index is 0.0258. The molecule has 4 rings (SSSR count). The van der Waals surface area contributed by atoms with Crippen LogP contribution in [0.2, 0.25) is 5.02 Å². The van der Waals surface area contributed by atoms with Gasteiger partial charge in [-0.05, 0) is 48.7 Å². The number of amides is 1. The van der Waals surface area contributed by atoms with Crippen molar-refractivity contribution in [2.45, 2.75) is 19.4 Å². The molecule has 0 saturated heterocycles. The van der Waals surface area contributed by atoms with E-state index in [9.17, 15) is 15.0 Å². The van der Waals surface area contributed by atoms with E-state index in [1.165, 1.54) is 0 Å². The Hall–Kier alpha value is -3.03. The molecule has 0 aliphatic carbocycles. The molecule has 7 nitrogen and oxygen atoms in total. The highest BCUT2D eigenvalue weighted by molar-refractivity contribution is 6.31. The number of fused-ring (bicyclic) bond motifs is 1. The molecule has 1 aromatic heterocycles. The van der Waals surface area contributed by atoms with Crippen LogP contribution in [0.4, 0.5) is 0 Å². The van der Waals surface area contributed by atoms with E-state index >= 15 is 0 Å². The van der Waals surface area contributed by atoms with Gasteiger partial charge in [0.05, 0.1) is 13.2 Å². The summed E-state index contributed by atoms with van der Waals surface area (Å²) in [5.74, 6) is 0.501. The number of aromatic amines is 1. The number of aryl methyl sites for hydroxylation is 1. The molecule has 8 heteroatoms. The number of ether oxygens (including phenoxy) is 1. The Balaban J connectivity index is 1.90. The van der Waals surface area contributed by atoms with E-state index in [4.69, 9.17) is 16.3 Å². The van der Waals surface area contributed by atoms with Gasteiger partial charge in [-0.3, -0.25) is 9.89 Å². The van der Waals surface area contributed by atoms with Gasteiger partial charge in [0, 0.05) is 29.3 Å². The van der Waals surface area contributed by atoms with Gasteiger partial charge in [-0.1, -0.05) is 23.7 Å². The number of hydrogen-bond acceptors (Lipinski definition) is 5. The Labute approximate surface area is 178 Å². The predicted molar refractivity (Wildman–Crippen MR) is 113 cm³/mol. The van der Waals surface area contributed by atoms with Gasteiger partial charge in [-0.15, -0.1) is 0 Å². The van der Waals surface area contributed by atoms with E-state index in [2.05, 4.69) is 10.2 Å². The van der Waals surface area contributed by atoms with Gasteiger partial charge in [0.2, 0.25) is 0 Å². The summed E-state index contributed by atoms with van der Waals surface area (Å²) in [4.78, 5) is 14.8. The summed E-state index contributed by atoms with van der Waals surface area (Å²) in [7, 11) is 1.59. The third-order valence-corrected chi connectivity index (χ3v) is 5.77. The monoisotopic (exact) mass is 427 g/mol. The highest BCUT2D eigenvalue weighted by Gasteiger charge is 2.42. The summed E-state index contributed by atoms with van der Waals surface area (Å²) < 4.78 is 5.37. The normalized spacial score (nSPS) is 15.5. The fraction of sp³-hybridized carbons (Fsp3) is 0.273. The topological polar surface area (TPSA) is 98.7 Å². The standard InChI is InChI=1S/C22H22ClN3O4/c1-12-9-17(28)15(11-16(12)23)19-18-20(25-24-19)22(29)26(7-4-8-27)21(18)13-5-3-6-14(10-13)30-2/h3,5-6,9-11,21,27-28H,4,7-8H2,1-2H3,(H,24,25)/t21-/m1/s1. The first-order valence-electron chi connectivity index (χ1n) is 9.59. The molecule has 1 atom stereocenters. The van der Waals surface area contributed by atoms with Gasteiger partial charge in [-0.25, -0.2) is 0 Å². The molecular formula is C22H22ClN3O4. The fourth-order valence-electron chi connectivity index (χ4n) is 3.89. The van der Waals surface area contributed by atoms with Gasteiger partial charge in [0.15, 0.2) is 0 Å². The SMILES string of the molecule is COc1cccc([C@@H]2c3c(-c4cc(Cl)c(C)cc4O)n[nH]c3C(=O)N2CCCO)c1. The number of nitrogens with zero attached hydrogens (tertiary/aromatic N) is 2. The van der Waals surface area contributed by atoms with E-state index in [0.29, 0.717) is 46.3 Å². The Morgan fingerprint density at radius 2 is 2.10 bits per heavy atom. The Morgan fingerprint density at radius 3 is 2.83 bits per heavy atom. The number of aliphatic hydroxyl groups excluding tert-OH is 1. The highest BCUT2D eigenvalue weighted by Crippen LogP contribution is 2.45. The molecule has 3 aromatic rings. The van der Waals surface area contributed by atoms with Crippen LogP contribution in [0.15, 0.2) is 36.4 Å². The molecule has 0 radical (unpaired) electrons. The van der Waals surface area contributed by atoms with Crippen LogP contribution in [0.1, 0.15) is 39.6 Å². The number of aliphatic hydroxyl groups is 1. The number of benzene rings is 2. The zero-order chi connectivity index (χ0) is 21.4. The Kier molecular flexibility index (Phi) is 5.40. The summed E-state index contributed by atoms with van der Waals surface area (Å²) in [5.41, 5.74) is 3.55. The van der Waals surface area contributed by atoms with E-state index in [1.54, 1.807) is 31.1 Å². The minimum atomic E-state index is -0.442. The van der Waals surface area contributed by atoms with Crippen LogP contribution in [-0.4, -0.2) is 51.5 Å². The fourth-order valence-corrected chi connectivity index (χ4v) is 4.05. The number of H-pyrrole nitrogens is 1. The van der Waals surface area contributed by atoms with Crippen LogP contribution in [0.3, 0.4) is 0 Å². The third-order valence-electron chi connectivity index (χ3n) is 5.36. The van der Waals surface area contributed by atoms with E-state index in [-0.39, 0.29) is 18.3 Å². The molecule has 0 bridgehead atoms. The van der Waals surface area contributed by atoms with E-state index in [0.717, 1.165) is 11.1 Å². The van der Waals surface area contributed by atoms with Crippen molar-refractivity contribution in [1.29, 1.82) is 0 Å². The van der Waals surface area contributed by atoms with Crippen molar-refractivity contribution in [2.24, 2.45) is 0 Å². The largest absolute Gasteiger partial charge is 0.507 e. The number of aromatic hydroxyl groups is 1. The van der Waals surface area contributed by atoms with Crippen molar-refractivity contribution in [3.8, 4) is 22.8 Å². The van der Waals surface area contributed by atoms with Crippen LogP contribution in [0, 0.1) is 6.92 Å². The second-order valence-corrected chi connectivity index (χ2v) is 7.64. The zero-order valence-electron chi connectivity index (χ0n) is 16.6. The average molecular weight is 428 g/mol. The van der Waals surface area contributed by atoms with Gasteiger partial charge < -0.3 is 19.8 Å². The number of rotatable bonds is 6. The molecule has 1 aliphatic rings. The second-order valence-electron chi connectivity index (χ2n) is 7.23. The maximum Gasteiger partial charge on any atom is 0.273 e. The molecule has 1 aliphatic heterocycles. The maximum absolute atomic E-state index is 13.1. The summed E-state index contributed by atoms with van der Waals surface area (Å²) in [6, 6.07) is 10.3. The summed E-state index contributed by atoms with van der Waals surface area (Å²) >= 11 is 6.30. The molecule has 2 aromatic carbocycles. The van der Waals surface area contributed by atoms with Crippen LogP contribution in [0.5, 0.6) is 11.5 Å². The molecule has 0 fully saturated rings. The molecule has 1 amide bonds. The number of hydrogen-bond donors (Lipinski definition) is 3.